The average Bonchev–Trinajstić information content (AvgIpc) is 1.83. The van der Waals surface area contributed by atoms with Gasteiger partial charge in [-0.1, -0.05) is 6.92 Å². The third-order valence-corrected chi connectivity index (χ3v) is 1.23. The van der Waals surface area contributed by atoms with Crippen molar-refractivity contribution in [2.45, 2.75) is 45.6 Å². The largest absolute Gasteiger partial charge is 0.370 e. The highest BCUT2D eigenvalue weighted by molar-refractivity contribution is 4.66. The van der Waals surface area contributed by atoms with E-state index in [1.807, 2.05) is 0 Å². The molecule has 0 aromatic carbocycles. The molecular weight excluding hydrogens is 150 g/mol. The number of hydrogen-bond donors (Lipinski definition) is 0. The molecule has 0 radical (unpaired) electrons. The molecule has 0 rings (SSSR count). The Kier molecular flexibility index (Phi) is 3.42. The second-order valence-corrected chi connectivity index (χ2v) is 3.61. The van der Waals surface area contributed by atoms with Gasteiger partial charge in [0.1, 0.15) is 6.61 Å². The Hall–Kier alpha value is -0.180. The predicted octanol–water partition coefficient (Wildman–Crippen LogP) is 2.85. The van der Waals surface area contributed by atoms with Crippen molar-refractivity contribution in [1.82, 2.24) is 0 Å². The number of halogens is 2. The van der Waals surface area contributed by atoms with Gasteiger partial charge in [-0.15, -0.1) is 0 Å². The molecule has 0 aromatic rings. The summed E-state index contributed by atoms with van der Waals surface area (Å²) in [4.78, 5) is 0. The summed E-state index contributed by atoms with van der Waals surface area (Å²) < 4.78 is 30.1. The maximum atomic E-state index is 12.6. The second kappa shape index (κ2) is 3.48. The van der Waals surface area contributed by atoms with Crippen LogP contribution in [-0.4, -0.2) is 18.1 Å². The van der Waals surface area contributed by atoms with Crippen molar-refractivity contribution in [2.75, 3.05) is 6.61 Å². The summed E-state index contributed by atoms with van der Waals surface area (Å²) in [6.07, 6.45) is -0.164. The minimum atomic E-state index is -2.67. The highest BCUT2D eigenvalue weighted by atomic mass is 19.3. The molecule has 0 aliphatic heterocycles. The van der Waals surface area contributed by atoms with Crippen LogP contribution in [0.4, 0.5) is 8.78 Å². The van der Waals surface area contributed by atoms with Gasteiger partial charge in [0.2, 0.25) is 0 Å². The highest BCUT2D eigenvalue weighted by Gasteiger charge is 2.28. The van der Waals surface area contributed by atoms with Crippen molar-refractivity contribution >= 4 is 0 Å². The summed E-state index contributed by atoms with van der Waals surface area (Å²) in [5.41, 5.74) is -0.474. The van der Waals surface area contributed by atoms with E-state index in [0.29, 0.717) is 0 Å². The Morgan fingerprint density at radius 3 is 1.91 bits per heavy atom. The molecule has 0 spiro atoms. The third-order valence-electron chi connectivity index (χ3n) is 1.23. The van der Waals surface area contributed by atoms with Crippen LogP contribution in [0.25, 0.3) is 0 Å². The fourth-order valence-electron chi connectivity index (χ4n) is 0.424. The van der Waals surface area contributed by atoms with Gasteiger partial charge in [-0.25, -0.2) is 8.78 Å². The lowest BCUT2D eigenvalue weighted by Crippen LogP contribution is -2.30. The zero-order valence-corrected chi connectivity index (χ0v) is 7.58. The lowest BCUT2D eigenvalue weighted by Gasteiger charge is -2.23. The molecule has 0 N–H and O–H groups in total. The molecule has 0 fully saturated rings. The number of alkyl halides is 2. The van der Waals surface area contributed by atoms with Crippen LogP contribution in [0.5, 0.6) is 0 Å². The maximum absolute atomic E-state index is 12.6. The first-order chi connectivity index (χ1) is 4.77. The average molecular weight is 166 g/mol. The second-order valence-electron chi connectivity index (χ2n) is 3.61. The fourth-order valence-corrected chi connectivity index (χ4v) is 0.424. The molecule has 0 bridgehead atoms. The summed E-state index contributed by atoms with van der Waals surface area (Å²) in [6.45, 7) is 6.26. The van der Waals surface area contributed by atoms with Crippen LogP contribution in [0.3, 0.4) is 0 Å². The summed E-state index contributed by atoms with van der Waals surface area (Å²) in [7, 11) is 0. The molecule has 0 saturated heterocycles. The van der Waals surface area contributed by atoms with Gasteiger partial charge < -0.3 is 4.74 Å². The van der Waals surface area contributed by atoms with Crippen molar-refractivity contribution in [3.63, 3.8) is 0 Å². The molecule has 0 atom stereocenters. The van der Waals surface area contributed by atoms with Gasteiger partial charge in [0.05, 0.1) is 5.60 Å². The Morgan fingerprint density at radius 2 is 1.64 bits per heavy atom. The standard InChI is InChI=1S/C8H16F2O/c1-5-8(9,10)6-11-7(2,3)4/h5-6H2,1-4H3. The van der Waals surface area contributed by atoms with Crippen LogP contribution in [0, 0.1) is 0 Å². The normalized spacial score (nSPS) is 13.6. The number of hydrogen-bond acceptors (Lipinski definition) is 1. The summed E-state index contributed by atoms with van der Waals surface area (Å²) in [6, 6.07) is 0. The van der Waals surface area contributed by atoms with Crippen LogP contribution in [0.2, 0.25) is 0 Å². The Balaban J connectivity index is 3.70. The molecular formula is C8H16F2O. The number of rotatable bonds is 3. The topological polar surface area (TPSA) is 9.23 Å². The molecule has 0 unspecified atom stereocenters. The predicted molar refractivity (Wildman–Crippen MR) is 40.9 cm³/mol. The first-order valence-electron chi connectivity index (χ1n) is 3.78. The van der Waals surface area contributed by atoms with Crippen molar-refractivity contribution in [3.05, 3.63) is 0 Å². The molecule has 1 nitrogen and oxygen atoms in total. The lowest BCUT2D eigenvalue weighted by molar-refractivity contribution is -0.122. The quantitative estimate of drug-likeness (QED) is 0.626. The van der Waals surface area contributed by atoms with Gasteiger partial charge >= 0.3 is 0 Å². The van der Waals surface area contributed by atoms with Gasteiger partial charge in [0.15, 0.2) is 0 Å². The van der Waals surface area contributed by atoms with E-state index >= 15 is 0 Å². The molecule has 0 aliphatic rings. The summed E-state index contributed by atoms with van der Waals surface area (Å²) in [5.74, 6) is -2.67. The Labute approximate surface area is 66.7 Å². The van der Waals surface area contributed by atoms with E-state index in [2.05, 4.69) is 0 Å². The zero-order chi connectivity index (χ0) is 9.12. The molecule has 0 heterocycles. The maximum Gasteiger partial charge on any atom is 0.270 e. The first kappa shape index (κ1) is 10.8. The van der Waals surface area contributed by atoms with E-state index in [1.165, 1.54) is 6.92 Å². The van der Waals surface area contributed by atoms with Crippen LogP contribution in [-0.2, 0) is 4.74 Å². The minimum absolute atomic E-state index is 0.164. The van der Waals surface area contributed by atoms with Crippen LogP contribution in [0.1, 0.15) is 34.1 Å². The van der Waals surface area contributed by atoms with Crippen molar-refractivity contribution in [1.29, 1.82) is 0 Å². The van der Waals surface area contributed by atoms with Crippen molar-refractivity contribution in [3.8, 4) is 0 Å². The lowest BCUT2D eigenvalue weighted by atomic mass is 10.2. The van der Waals surface area contributed by atoms with Gasteiger partial charge in [0, 0.05) is 6.42 Å². The van der Waals surface area contributed by atoms with E-state index in [0.717, 1.165) is 0 Å². The van der Waals surface area contributed by atoms with Crippen molar-refractivity contribution < 1.29 is 13.5 Å². The van der Waals surface area contributed by atoms with Gasteiger partial charge in [-0.05, 0) is 20.8 Å². The molecule has 3 heteroatoms. The first-order valence-corrected chi connectivity index (χ1v) is 3.78. The van der Waals surface area contributed by atoms with E-state index in [4.69, 9.17) is 4.74 Å². The molecule has 0 aliphatic carbocycles. The van der Waals surface area contributed by atoms with Crippen LogP contribution < -0.4 is 0 Å². The fraction of sp³-hybridized carbons (Fsp3) is 1.00. The van der Waals surface area contributed by atoms with E-state index in [-0.39, 0.29) is 6.42 Å². The molecule has 0 saturated carbocycles. The Morgan fingerprint density at radius 1 is 1.18 bits per heavy atom. The molecule has 0 amide bonds. The van der Waals surface area contributed by atoms with Crippen LogP contribution >= 0.6 is 0 Å². The third kappa shape index (κ3) is 6.23. The van der Waals surface area contributed by atoms with E-state index < -0.39 is 18.1 Å². The minimum Gasteiger partial charge on any atom is -0.370 e. The zero-order valence-electron chi connectivity index (χ0n) is 7.58. The van der Waals surface area contributed by atoms with Gasteiger partial charge in [-0.3, -0.25) is 0 Å². The molecule has 0 aromatic heterocycles. The molecule has 11 heavy (non-hydrogen) atoms. The van der Waals surface area contributed by atoms with Crippen LogP contribution in [0.15, 0.2) is 0 Å². The van der Waals surface area contributed by atoms with E-state index in [1.54, 1.807) is 20.8 Å². The van der Waals surface area contributed by atoms with Crippen molar-refractivity contribution in [2.24, 2.45) is 0 Å². The highest BCUT2D eigenvalue weighted by Crippen LogP contribution is 2.20. The smallest absolute Gasteiger partial charge is 0.270 e. The van der Waals surface area contributed by atoms with Gasteiger partial charge in [0.25, 0.3) is 5.92 Å². The molecule has 68 valence electrons. The summed E-state index contributed by atoms with van der Waals surface area (Å²) in [5, 5.41) is 0. The van der Waals surface area contributed by atoms with Gasteiger partial charge in [-0.2, -0.15) is 0 Å². The Bertz CT molecular complexity index is 116. The number of ether oxygens (including phenoxy) is 1. The van der Waals surface area contributed by atoms with E-state index in [9.17, 15) is 8.78 Å². The monoisotopic (exact) mass is 166 g/mol. The SMILES string of the molecule is CCC(F)(F)COC(C)(C)C. The summed E-state index contributed by atoms with van der Waals surface area (Å²) >= 11 is 0.